The van der Waals surface area contributed by atoms with Crippen LogP contribution in [0.15, 0.2) is 6.07 Å². The molecule has 1 amide bonds. The van der Waals surface area contributed by atoms with Crippen LogP contribution in [0.5, 0.6) is 0 Å². The second kappa shape index (κ2) is 8.19. The number of rotatable bonds is 8. The van der Waals surface area contributed by atoms with E-state index in [-0.39, 0.29) is 18.4 Å². The molecule has 1 rings (SSSR count). The fourth-order valence-corrected chi connectivity index (χ4v) is 1.75. The number of hydrogen-bond donors (Lipinski definition) is 3. The van der Waals surface area contributed by atoms with Gasteiger partial charge in [-0.05, 0) is 20.3 Å². The molecule has 0 saturated carbocycles. The third kappa shape index (κ3) is 4.91. The van der Waals surface area contributed by atoms with Crippen molar-refractivity contribution in [3.63, 3.8) is 0 Å². The van der Waals surface area contributed by atoms with E-state index < -0.39 is 0 Å². The molecule has 4 N–H and O–H groups in total. The van der Waals surface area contributed by atoms with Crippen LogP contribution in [-0.2, 0) is 4.79 Å². The van der Waals surface area contributed by atoms with E-state index in [4.69, 9.17) is 5.73 Å². The summed E-state index contributed by atoms with van der Waals surface area (Å²) in [6.07, 6.45) is 0.993. The first-order valence-corrected chi connectivity index (χ1v) is 7.00. The van der Waals surface area contributed by atoms with Crippen LogP contribution in [0, 0.1) is 0 Å². The molecule has 1 aromatic rings. The molecule has 0 aliphatic rings. The molecule has 1 heterocycles. The van der Waals surface area contributed by atoms with E-state index in [0.29, 0.717) is 24.7 Å². The number of nitrogens with one attached hydrogen (secondary N) is 2. The second-order valence-corrected chi connectivity index (χ2v) is 4.34. The number of anilines is 3. The summed E-state index contributed by atoms with van der Waals surface area (Å²) in [6, 6.07) is 1.75. The van der Waals surface area contributed by atoms with Crippen molar-refractivity contribution in [2.75, 3.05) is 42.5 Å². The Kier molecular flexibility index (Phi) is 6.55. The summed E-state index contributed by atoms with van der Waals surface area (Å²) in [5.74, 6) is 1.44. The van der Waals surface area contributed by atoms with Gasteiger partial charge >= 0.3 is 0 Å². The molecule has 0 aromatic carbocycles. The van der Waals surface area contributed by atoms with Crippen LogP contribution in [0.25, 0.3) is 0 Å². The first-order chi connectivity index (χ1) is 9.60. The molecule has 7 nitrogen and oxygen atoms in total. The van der Waals surface area contributed by atoms with E-state index in [9.17, 15) is 4.79 Å². The average Bonchev–Trinajstić information content (AvgIpc) is 2.43. The van der Waals surface area contributed by atoms with E-state index in [2.05, 4.69) is 27.5 Å². The molecule has 0 fully saturated rings. The lowest BCUT2D eigenvalue weighted by molar-refractivity contribution is -0.128. The van der Waals surface area contributed by atoms with Gasteiger partial charge < -0.3 is 21.3 Å². The summed E-state index contributed by atoms with van der Waals surface area (Å²) in [5.41, 5.74) is 5.65. The number of nitrogens with zero attached hydrogens (tertiary/aromatic N) is 3. The van der Waals surface area contributed by atoms with E-state index in [0.717, 1.165) is 13.0 Å². The third-order valence-corrected chi connectivity index (χ3v) is 2.84. The Morgan fingerprint density at radius 3 is 2.35 bits per heavy atom. The Hall–Kier alpha value is -2.05. The molecule has 7 heteroatoms. The van der Waals surface area contributed by atoms with Gasteiger partial charge in [-0.25, -0.2) is 0 Å². The molecule has 1 aromatic heterocycles. The predicted molar refractivity (Wildman–Crippen MR) is 81.6 cm³/mol. The van der Waals surface area contributed by atoms with Crippen LogP contribution in [0.3, 0.4) is 0 Å². The molecular formula is C13H24N6O. The Labute approximate surface area is 120 Å². The highest BCUT2D eigenvalue weighted by Gasteiger charge is 2.10. The lowest BCUT2D eigenvalue weighted by Crippen LogP contribution is -2.35. The van der Waals surface area contributed by atoms with E-state index >= 15 is 0 Å². The van der Waals surface area contributed by atoms with Gasteiger partial charge in [-0.15, -0.1) is 0 Å². The molecule has 0 unspecified atom stereocenters. The summed E-state index contributed by atoms with van der Waals surface area (Å²) in [5, 5.41) is 6.13. The second-order valence-electron chi connectivity index (χ2n) is 4.34. The number of nitrogens with two attached hydrogens (primary N) is 1. The minimum atomic E-state index is 0.0373. The van der Waals surface area contributed by atoms with Gasteiger partial charge in [-0.2, -0.15) is 9.97 Å². The number of hydrogen-bond acceptors (Lipinski definition) is 6. The summed E-state index contributed by atoms with van der Waals surface area (Å²) in [6.45, 7) is 8.39. The van der Waals surface area contributed by atoms with Crippen LogP contribution in [-0.4, -0.2) is 47.0 Å². The van der Waals surface area contributed by atoms with Crippen LogP contribution in [0.1, 0.15) is 27.2 Å². The van der Waals surface area contributed by atoms with Crippen LogP contribution in [0.2, 0.25) is 0 Å². The maximum atomic E-state index is 11.9. The smallest absolute Gasteiger partial charge is 0.241 e. The highest BCUT2D eigenvalue weighted by molar-refractivity contribution is 5.80. The van der Waals surface area contributed by atoms with Gasteiger partial charge in [0.2, 0.25) is 11.9 Å². The molecule has 0 spiro atoms. The van der Waals surface area contributed by atoms with Crippen molar-refractivity contribution in [2.24, 2.45) is 0 Å². The number of amides is 1. The maximum absolute atomic E-state index is 11.9. The van der Waals surface area contributed by atoms with Gasteiger partial charge in [0.1, 0.15) is 11.6 Å². The van der Waals surface area contributed by atoms with Crippen molar-refractivity contribution in [1.82, 2.24) is 14.9 Å². The molecule has 0 bridgehead atoms. The number of carbonyl (C=O) groups excluding carboxylic acids is 1. The molecule has 0 atom stereocenters. The highest BCUT2D eigenvalue weighted by Crippen LogP contribution is 2.12. The molecule has 0 aliphatic carbocycles. The summed E-state index contributed by atoms with van der Waals surface area (Å²) >= 11 is 0. The van der Waals surface area contributed by atoms with Gasteiger partial charge in [0.05, 0.1) is 6.54 Å². The molecule has 0 saturated heterocycles. The van der Waals surface area contributed by atoms with Crippen molar-refractivity contribution < 1.29 is 4.79 Å². The van der Waals surface area contributed by atoms with Crippen molar-refractivity contribution in [1.29, 1.82) is 0 Å². The molecule has 0 radical (unpaired) electrons. The summed E-state index contributed by atoms with van der Waals surface area (Å²) < 4.78 is 0. The molecule has 0 aliphatic heterocycles. The van der Waals surface area contributed by atoms with Gasteiger partial charge in [0.15, 0.2) is 0 Å². The van der Waals surface area contributed by atoms with E-state index in [1.54, 1.807) is 11.0 Å². The zero-order valence-corrected chi connectivity index (χ0v) is 12.4. The highest BCUT2D eigenvalue weighted by atomic mass is 16.2. The van der Waals surface area contributed by atoms with Crippen LogP contribution < -0.4 is 16.4 Å². The quantitative estimate of drug-likeness (QED) is 0.661. The Morgan fingerprint density at radius 2 is 1.80 bits per heavy atom. The Balaban J connectivity index is 2.63. The Morgan fingerprint density at radius 1 is 1.20 bits per heavy atom. The van der Waals surface area contributed by atoms with E-state index in [1.807, 2.05) is 13.8 Å². The topological polar surface area (TPSA) is 96.2 Å². The van der Waals surface area contributed by atoms with Crippen molar-refractivity contribution in [2.45, 2.75) is 27.2 Å². The van der Waals surface area contributed by atoms with Crippen molar-refractivity contribution in [3.05, 3.63) is 6.07 Å². The first-order valence-electron chi connectivity index (χ1n) is 7.00. The fourth-order valence-electron chi connectivity index (χ4n) is 1.75. The van der Waals surface area contributed by atoms with Crippen LogP contribution in [0.4, 0.5) is 17.6 Å². The van der Waals surface area contributed by atoms with Gasteiger partial charge in [-0.1, -0.05) is 6.92 Å². The molecular weight excluding hydrogens is 256 g/mol. The van der Waals surface area contributed by atoms with Crippen molar-refractivity contribution in [3.8, 4) is 0 Å². The van der Waals surface area contributed by atoms with E-state index in [1.165, 1.54) is 0 Å². The lowest BCUT2D eigenvalue weighted by atomic mass is 10.4. The number of carbonyl (C=O) groups is 1. The minimum absolute atomic E-state index is 0.0373. The zero-order valence-electron chi connectivity index (χ0n) is 12.4. The number of likely N-dealkylation sites (N-methyl/N-ethyl adjacent to an activating group) is 1. The van der Waals surface area contributed by atoms with Gasteiger partial charge in [-0.3, -0.25) is 4.79 Å². The normalized spacial score (nSPS) is 10.2. The average molecular weight is 280 g/mol. The summed E-state index contributed by atoms with van der Waals surface area (Å²) in [7, 11) is 0. The SMILES string of the molecule is CCCNc1cc(NCC(=O)N(CC)CC)nc(N)n1. The fraction of sp³-hybridized carbons (Fsp3) is 0.615. The third-order valence-electron chi connectivity index (χ3n) is 2.84. The van der Waals surface area contributed by atoms with Crippen LogP contribution >= 0.6 is 0 Å². The predicted octanol–water partition coefficient (Wildman–Crippen LogP) is 1.16. The minimum Gasteiger partial charge on any atom is -0.370 e. The molecule has 112 valence electrons. The Bertz CT molecular complexity index is 433. The van der Waals surface area contributed by atoms with Gasteiger partial charge in [0, 0.05) is 25.7 Å². The summed E-state index contributed by atoms with van der Waals surface area (Å²) in [4.78, 5) is 21.8. The zero-order chi connectivity index (χ0) is 15.0. The maximum Gasteiger partial charge on any atom is 0.241 e. The standard InChI is InChI=1S/C13H24N6O/c1-4-7-15-10-8-11(18-13(14)17-10)16-9-12(20)19(5-2)6-3/h8H,4-7,9H2,1-3H3,(H4,14,15,16,17,18). The largest absolute Gasteiger partial charge is 0.370 e. The molecule has 20 heavy (non-hydrogen) atoms. The first kappa shape index (κ1) is 16.0. The monoisotopic (exact) mass is 280 g/mol. The number of aromatic nitrogens is 2. The van der Waals surface area contributed by atoms with Gasteiger partial charge in [0.25, 0.3) is 0 Å². The number of nitrogen functional groups attached to an aromatic ring is 1. The lowest BCUT2D eigenvalue weighted by Gasteiger charge is -2.19. The van der Waals surface area contributed by atoms with Crippen molar-refractivity contribution >= 4 is 23.5 Å².